The third-order valence-corrected chi connectivity index (χ3v) is 6.00. The van der Waals surface area contributed by atoms with E-state index in [4.69, 9.17) is 4.74 Å². The zero-order chi connectivity index (χ0) is 19.3. The molecule has 1 aliphatic rings. The molecule has 1 aromatic carbocycles. The molecule has 0 spiro atoms. The summed E-state index contributed by atoms with van der Waals surface area (Å²) >= 11 is 0. The Morgan fingerprint density at radius 2 is 2.00 bits per heavy atom. The van der Waals surface area contributed by atoms with Gasteiger partial charge in [0.2, 0.25) is 15.9 Å². The van der Waals surface area contributed by atoms with Gasteiger partial charge in [-0.25, -0.2) is 12.7 Å². The molecule has 0 radical (unpaired) electrons. The number of sulfonamides is 1. The van der Waals surface area contributed by atoms with Crippen LogP contribution in [0.5, 0.6) is 0 Å². The number of nitrogens with one attached hydrogen (secondary N) is 2. The number of amides is 1. The quantitative estimate of drug-likeness (QED) is 0.686. The van der Waals surface area contributed by atoms with E-state index in [1.54, 1.807) is 6.07 Å². The Bertz CT molecular complexity index is 728. The third-order valence-electron chi connectivity index (χ3n) is 4.18. The van der Waals surface area contributed by atoms with Crippen LogP contribution in [0.3, 0.4) is 0 Å². The van der Waals surface area contributed by atoms with Gasteiger partial charge in [-0.1, -0.05) is 0 Å². The van der Waals surface area contributed by atoms with Crippen LogP contribution < -0.4 is 15.5 Å². The Morgan fingerprint density at radius 3 is 2.58 bits per heavy atom. The third kappa shape index (κ3) is 5.16. The molecule has 0 aliphatic carbocycles. The minimum Gasteiger partial charge on any atom is -0.377 e. The molecule has 9 heteroatoms. The topological polar surface area (TPSA) is 91.0 Å². The summed E-state index contributed by atoms with van der Waals surface area (Å²) in [6, 6.07) is 4.71. The normalized spacial score (nSPS) is 17.5. The van der Waals surface area contributed by atoms with Crippen LogP contribution in [0.1, 0.15) is 12.8 Å². The molecule has 1 saturated heterocycles. The van der Waals surface area contributed by atoms with Gasteiger partial charge in [0.1, 0.15) is 0 Å². The van der Waals surface area contributed by atoms with Crippen LogP contribution in [0.4, 0.5) is 11.4 Å². The summed E-state index contributed by atoms with van der Waals surface area (Å²) in [4.78, 5) is 14.2. The van der Waals surface area contributed by atoms with Gasteiger partial charge in [-0.15, -0.1) is 0 Å². The van der Waals surface area contributed by atoms with E-state index in [-0.39, 0.29) is 23.5 Å². The molecule has 0 saturated carbocycles. The van der Waals surface area contributed by atoms with Gasteiger partial charge in [0.25, 0.3) is 0 Å². The first-order valence-electron chi connectivity index (χ1n) is 8.58. The number of ether oxygens (including phenoxy) is 1. The maximum atomic E-state index is 12.3. The maximum Gasteiger partial charge on any atom is 0.242 e. The van der Waals surface area contributed by atoms with Crippen LogP contribution in [-0.2, 0) is 19.6 Å². The Labute approximate surface area is 155 Å². The number of carbonyl (C=O) groups excluding carboxylic acids is 1. The molecule has 8 nitrogen and oxygen atoms in total. The summed E-state index contributed by atoms with van der Waals surface area (Å²) in [5, 5.41) is 5.88. The van der Waals surface area contributed by atoms with Gasteiger partial charge in [0, 0.05) is 41.3 Å². The minimum atomic E-state index is -3.57. The van der Waals surface area contributed by atoms with Crippen molar-refractivity contribution in [2.75, 3.05) is 58.1 Å². The maximum absolute atomic E-state index is 12.3. The Hall–Kier alpha value is -1.68. The number of anilines is 2. The fourth-order valence-electron chi connectivity index (χ4n) is 2.72. The molecular formula is C17H28N4O4S. The monoisotopic (exact) mass is 384 g/mol. The van der Waals surface area contributed by atoms with Crippen molar-refractivity contribution in [2.24, 2.45) is 0 Å². The second kappa shape index (κ2) is 8.81. The van der Waals surface area contributed by atoms with Gasteiger partial charge in [0.05, 0.1) is 28.9 Å². The lowest BCUT2D eigenvalue weighted by Crippen LogP contribution is -2.34. The Balaban J connectivity index is 2.08. The van der Waals surface area contributed by atoms with Gasteiger partial charge in [-0.05, 0) is 31.0 Å². The summed E-state index contributed by atoms with van der Waals surface area (Å²) in [5.41, 5.74) is 1.19. The summed E-state index contributed by atoms with van der Waals surface area (Å²) in [7, 11) is 3.04. The fourth-order valence-corrected chi connectivity index (χ4v) is 3.65. The molecule has 1 aliphatic heterocycles. The SMILES string of the molecule is CN(C)c1ccc(S(=O)(=O)N(C)C)cc1NC(=O)CNCC1CCCO1. The van der Waals surface area contributed by atoms with Crippen molar-refractivity contribution < 1.29 is 17.9 Å². The number of benzene rings is 1. The molecule has 2 rings (SSSR count). The summed E-state index contributed by atoms with van der Waals surface area (Å²) < 4.78 is 31.3. The van der Waals surface area contributed by atoms with Crippen molar-refractivity contribution in [3.05, 3.63) is 18.2 Å². The number of hydrogen-bond donors (Lipinski definition) is 2. The lowest BCUT2D eigenvalue weighted by Gasteiger charge is -2.20. The zero-order valence-electron chi connectivity index (χ0n) is 15.8. The molecule has 1 unspecified atom stereocenters. The summed E-state index contributed by atoms with van der Waals surface area (Å²) in [6.07, 6.45) is 2.22. The van der Waals surface area contributed by atoms with Crippen LogP contribution in [0, 0.1) is 0 Å². The van der Waals surface area contributed by atoms with Crippen LogP contribution in [0.25, 0.3) is 0 Å². The van der Waals surface area contributed by atoms with E-state index in [1.807, 2.05) is 19.0 Å². The molecule has 1 heterocycles. The smallest absolute Gasteiger partial charge is 0.242 e. The van der Waals surface area contributed by atoms with Crippen molar-refractivity contribution in [1.82, 2.24) is 9.62 Å². The molecule has 146 valence electrons. The summed E-state index contributed by atoms with van der Waals surface area (Å²) in [6.45, 7) is 1.54. The molecule has 0 bridgehead atoms. The fraction of sp³-hybridized carbons (Fsp3) is 0.588. The molecule has 1 atom stereocenters. The molecule has 0 aromatic heterocycles. The Morgan fingerprint density at radius 1 is 1.27 bits per heavy atom. The van der Waals surface area contributed by atoms with E-state index in [9.17, 15) is 13.2 Å². The standard InChI is InChI=1S/C17H28N4O4S/c1-20(2)16-8-7-14(26(23,24)21(3)4)10-15(16)19-17(22)12-18-11-13-6-5-9-25-13/h7-8,10,13,18H,5-6,9,11-12H2,1-4H3,(H,19,22). The van der Waals surface area contributed by atoms with Crippen molar-refractivity contribution in [3.8, 4) is 0 Å². The van der Waals surface area contributed by atoms with Gasteiger partial charge < -0.3 is 20.3 Å². The van der Waals surface area contributed by atoms with Crippen LogP contribution in [0.15, 0.2) is 23.1 Å². The predicted octanol–water partition coefficient (Wildman–Crippen LogP) is 0.710. The largest absolute Gasteiger partial charge is 0.377 e. The summed E-state index contributed by atoms with van der Waals surface area (Å²) in [5.74, 6) is -0.231. The second-order valence-electron chi connectivity index (χ2n) is 6.67. The number of rotatable bonds is 8. The number of carbonyl (C=O) groups is 1. The first kappa shape index (κ1) is 20.6. The number of hydrogen-bond acceptors (Lipinski definition) is 6. The van der Waals surface area contributed by atoms with Gasteiger partial charge in [-0.3, -0.25) is 4.79 Å². The highest BCUT2D eigenvalue weighted by Crippen LogP contribution is 2.28. The molecule has 26 heavy (non-hydrogen) atoms. The van der Waals surface area contributed by atoms with Crippen molar-refractivity contribution in [2.45, 2.75) is 23.8 Å². The first-order chi connectivity index (χ1) is 12.2. The highest BCUT2D eigenvalue weighted by molar-refractivity contribution is 7.89. The molecule has 1 aromatic rings. The molecular weight excluding hydrogens is 356 g/mol. The second-order valence-corrected chi connectivity index (χ2v) is 8.83. The van der Waals surface area contributed by atoms with Gasteiger partial charge in [0.15, 0.2) is 0 Å². The van der Waals surface area contributed by atoms with Crippen LogP contribution >= 0.6 is 0 Å². The highest BCUT2D eigenvalue weighted by Gasteiger charge is 2.20. The van der Waals surface area contributed by atoms with Gasteiger partial charge in [-0.2, -0.15) is 0 Å². The zero-order valence-corrected chi connectivity index (χ0v) is 16.6. The average Bonchev–Trinajstić information content (AvgIpc) is 3.07. The van der Waals surface area contributed by atoms with E-state index in [0.29, 0.717) is 12.2 Å². The minimum absolute atomic E-state index is 0.135. The van der Waals surface area contributed by atoms with Crippen LogP contribution in [-0.4, -0.2) is 72.6 Å². The lowest BCUT2D eigenvalue weighted by atomic mass is 10.2. The van der Waals surface area contributed by atoms with Gasteiger partial charge >= 0.3 is 0 Å². The lowest BCUT2D eigenvalue weighted by molar-refractivity contribution is -0.115. The molecule has 1 amide bonds. The number of nitrogens with zero attached hydrogens (tertiary/aromatic N) is 2. The van der Waals surface area contributed by atoms with E-state index >= 15 is 0 Å². The van der Waals surface area contributed by atoms with E-state index in [1.165, 1.54) is 26.2 Å². The van der Waals surface area contributed by atoms with Crippen molar-refractivity contribution in [1.29, 1.82) is 0 Å². The predicted molar refractivity (Wildman–Crippen MR) is 102 cm³/mol. The van der Waals surface area contributed by atoms with Crippen molar-refractivity contribution >= 4 is 27.3 Å². The molecule has 1 fully saturated rings. The van der Waals surface area contributed by atoms with E-state index in [0.717, 1.165) is 29.4 Å². The van der Waals surface area contributed by atoms with Crippen molar-refractivity contribution in [3.63, 3.8) is 0 Å². The molecule has 2 N–H and O–H groups in total. The highest BCUT2D eigenvalue weighted by atomic mass is 32.2. The van der Waals surface area contributed by atoms with E-state index < -0.39 is 10.0 Å². The average molecular weight is 385 g/mol. The Kier molecular flexibility index (Phi) is 6.99. The van der Waals surface area contributed by atoms with Crippen LogP contribution in [0.2, 0.25) is 0 Å². The first-order valence-corrected chi connectivity index (χ1v) is 10.0. The van der Waals surface area contributed by atoms with E-state index in [2.05, 4.69) is 10.6 Å².